The Morgan fingerprint density at radius 3 is 2.65 bits per heavy atom. The fourth-order valence-electron chi connectivity index (χ4n) is 2.22. The zero-order chi connectivity index (χ0) is 15.1. The van der Waals surface area contributed by atoms with Crippen LogP contribution in [0.2, 0.25) is 0 Å². The lowest BCUT2D eigenvalue weighted by Crippen LogP contribution is -2.36. The molecule has 1 heterocycles. The summed E-state index contributed by atoms with van der Waals surface area (Å²) in [5.41, 5.74) is -1.20. The van der Waals surface area contributed by atoms with Crippen molar-refractivity contribution in [1.82, 2.24) is 0 Å². The lowest BCUT2D eigenvalue weighted by atomic mass is 9.91. The van der Waals surface area contributed by atoms with Gasteiger partial charge in [-0.05, 0) is 26.0 Å². The highest BCUT2D eigenvalue weighted by atomic mass is 16.6. The van der Waals surface area contributed by atoms with E-state index in [4.69, 9.17) is 4.74 Å². The quantitative estimate of drug-likeness (QED) is 0.661. The van der Waals surface area contributed by atoms with E-state index in [2.05, 4.69) is 5.32 Å². The molecule has 1 aliphatic rings. The number of nitrogens with zero attached hydrogens (tertiary/aromatic N) is 1. The first-order chi connectivity index (χ1) is 9.21. The standard InChI is InChI=1S/C13H14N2O5/c1-7(16)14-8-4-5-10-11(12(8)15(18)19)9(17)6-13(2,3)20-10/h4-5H,6H2,1-3H3,(H,14,16). The third-order valence-electron chi connectivity index (χ3n) is 2.88. The number of anilines is 1. The number of hydrogen-bond acceptors (Lipinski definition) is 5. The molecule has 0 fully saturated rings. The number of hydrogen-bond donors (Lipinski definition) is 1. The van der Waals surface area contributed by atoms with Crippen LogP contribution in [0.15, 0.2) is 12.1 Å². The van der Waals surface area contributed by atoms with Crippen molar-refractivity contribution in [2.75, 3.05) is 5.32 Å². The Labute approximate surface area is 115 Å². The molecule has 0 atom stereocenters. The maximum Gasteiger partial charge on any atom is 0.307 e. The minimum Gasteiger partial charge on any atom is -0.486 e. The molecule has 0 bridgehead atoms. The molecule has 20 heavy (non-hydrogen) atoms. The van der Waals surface area contributed by atoms with Gasteiger partial charge < -0.3 is 10.1 Å². The van der Waals surface area contributed by atoms with Crippen LogP contribution < -0.4 is 10.1 Å². The molecule has 1 N–H and O–H groups in total. The van der Waals surface area contributed by atoms with Gasteiger partial charge in [0.2, 0.25) is 5.91 Å². The van der Waals surface area contributed by atoms with Crippen LogP contribution in [0, 0.1) is 10.1 Å². The molecule has 1 aliphatic heterocycles. The molecule has 106 valence electrons. The van der Waals surface area contributed by atoms with E-state index in [1.54, 1.807) is 13.8 Å². The zero-order valence-electron chi connectivity index (χ0n) is 11.4. The van der Waals surface area contributed by atoms with Crippen LogP contribution in [0.3, 0.4) is 0 Å². The van der Waals surface area contributed by atoms with E-state index in [-0.39, 0.29) is 29.2 Å². The van der Waals surface area contributed by atoms with Crippen LogP contribution in [0.5, 0.6) is 5.75 Å². The molecule has 0 saturated heterocycles. The average Bonchev–Trinajstić information content (AvgIpc) is 2.26. The topological polar surface area (TPSA) is 98.5 Å². The summed E-state index contributed by atoms with van der Waals surface area (Å²) in [4.78, 5) is 33.8. The van der Waals surface area contributed by atoms with Crippen molar-refractivity contribution in [1.29, 1.82) is 0 Å². The second-order valence-electron chi connectivity index (χ2n) is 5.23. The van der Waals surface area contributed by atoms with E-state index in [0.717, 1.165) is 0 Å². The Bertz CT molecular complexity index is 621. The zero-order valence-corrected chi connectivity index (χ0v) is 11.4. The predicted octanol–water partition coefficient (Wildman–Crippen LogP) is 2.30. The minimum atomic E-state index is -0.701. The Morgan fingerprint density at radius 2 is 2.10 bits per heavy atom. The van der Waals surface area contributed by atoms with Crippen molar-refractivity contribution >= 4 is 23.1 Å². The molecular formula is C13H14N2O5. The van der Waals surface area contributed by atoms with E-state index < -0.39 is 22.1 Å². The van der Waals surface area contributed by atoms with E-state index in [1.165, 1.54) is 19.1 Å². The number of rotatable bonds is 2. The summed E-state index contributed by atoms with van der Waals surface area (Å²) in [6.45, 7) is 4.72. The molecule has 2 rings (SSSR count). The van der Waals surface area contributed by atoms with Crippen LogP contribution in [0.1, 0.15) is 37.6 Å². The third-order valence-corrected chi connectivity index (χ3v) is 2.88. The highest BCUT2D eigenvalue weighted by molar-refractivity contribution is 6.07. The summed E-state index contributed by atoms with van der Waals surface area (Å²) in [6, 6.07) is 2.83. The molecule has 1 amide bonds. The lowest BCUT2D eigenvalue weighted by Gasteiger charge is -2.31. The van der Waals surface area contributed by atoms with Gasteiger partial charge in [0.25, 0.3) is 0 Å². The van der Waals surface area contributed by atoms with Crippen molar-refractivity contribution in [2.45, 2.75) is 32.8 Å². The minimum absolute atomic E-state index is 0.00194. The summed E-state index contributed by atoms with van der Waals surface area (Å²) in [6.07, 6.45) is 0.0460. The fourth-order valence-corrected chi connectivity index (χ4v) is 2.22. The molecule has 0 aromatic heterocycles. The number of amides is 1. The maximum atomic E-state index is 12.2. The van der Waals surface area contributed by atoms with Crippen LogP contribution in [-0.4, -0.2) is 22.2 Å². The monoisotopic (exact) mass is 278 g/mol. The number of nitro benzene ring substituents is 1. The number of benzene rings is 1. The Hall–Kier alpha value is -2.44. The normalized spacial score (nSPS) is 16.1. The summed E-state index contributed by atoms with van der Waals surface area (Å²) in [5.74, 6) is -0.639. The van der Waals surface area contributed by atoms with Crippen LogP contribution in [0.4, 0.5) is 11.4 Å². The first-order valence-electron chi connectivity index (χ1n) is 6.02. The van der Waals surface area contributed by atoms with E-state index in [0.29, 0.717) is 0 Å². The van der Waals surface area contributed by atoms with Crippen molar-refractivity contribution in [3.05, 3.63) is 27.8 Å². The smallest absolute Gasteiger partial charge is 0.307 e. The first-order valence-corrected chi connectivity index (χ1v) is 6.02. The predicted molar refractivity (Wildman–Crippen MR) is 71.1 cm³/mol. The van der Waals surface area contributed by atoms with Gasteiger partial charge in [-0.1, -0.05) is 0 Å². The number of Topliss-reactive ketones (excluding diaryl/α,β-unsaturated/α-hetero) is 1. The van der Waals surface area contributed by atoms with Crippen LogP contribution in [0.25, 0.3) is 0 Å². The van der Waals surface area contributed by atoms with E-state index in [1.807, 2.05) is 0 Å². The van der Waals surface area contributed by atoms with Crippen LogP contribution in [-0.2, 0) is 4.79 Å². The fraction of sp³-hybridized carbons (Fsp3) is 0.385. The first kappa shape index (κ1) is 14.0. The summed E-state index contributed by atoms with van der Waals surface area (Å²) in [5, 5.41) is 13.6. The van der Waals surface area contributed by atoms with Crippen LogP contribution >= 0.6 is 0 Å². The summed E-state index contributed by atoms with van der Waals surface area (Å²) >= 11 is 0. The summed E-state index contributed by atoms with van der Waals surface area (Å²) in [7, 11) is 0. The number of fused-ring (bicyclic) bond motifs is 1. The van der Waals surface area contributed by atoms with Crippen molar-refractivity contribution in [2.24, 2.45) is 0 Å². The van der Waals surface area contributed by atoms with E-state index in [9.17, 15) is 19.7 Å². The second-order valence-corrected chi connectivity index (χ2v) is 5.23. The van der Waals surface area contributed by atoms with Gasteiger partial charge >= 0.3 is 5.69 Å². The Morgan fingerprint density at radius 1 is 1.45 bits per heavy atom. The molecule has 7 heteroatoms. The van der Waals surface area contributed by atoms with Gasteiger partial charge in [0.1, 0.15) is 22.6 Å². The van der Waals surface area contributed by atoms with Gasteiger partial charge in [0, 0.05) is 6.92 Å². The molecule has 0 unspecified atom stereocenters. The Kier molecular flexibility index (Phi) is 3.21. The molecule has 1 aromatic rings. The number of carbonyl (C=O) groups excluding carboxylic acids is 2. The SMILES string of the molecule is CC(=O)Nc1ccc2c(c1[N+](=O)[O-])C(=O)CC(C)(C)O2. The van der Waals surface area contributed by atoms with Gasteiger partial charge in [0.15, 0.2) is 5.78 Å². The van der Waals surface area contributed by atoms with Crippen molar-refractivity contribution in [3.8, 4) is 5.75 Å². The Balaban J connectivity index is 2.64. The maximum absolute atomic E-state index is 12.2. The van der Waals surface area contributed by atoms with E-state index >= 15 is 0 Å². The largest absolute Gasteiger partial charge is 0.486 e. The van der Waals surface area contributed by atoms with Gasteiger partial charge in [0.05, 0.1) is 11.3 Å². The number of nitrogens with one attached hydrogen (secondary N) is 1. The van der Waals surface area contributed by atoms with Gasteiger partial charge in [-0.15, -0.1) is 0 Å². The van der Waals surface area contributed by atoms with Crippen molar-refractivity contribution < 1.29 is 19.2 Å². The number of nitro groups is 1. The molecule has 1 aromatic carbocycles. The highest BCUT2D eigenvalue weighted by Crippen LogP contribution is 2.41. The number of carbonyl (C=O) groups is 2. The lowest BCUT2D eigenvalue weighted by molar-refractivity contribution is -0.384. The molecule has 0 aliphatic carbocycles. The summed E-state index contributed by atoms with van der Waals surface area (Å²) < 4.78 is 5.60. The average molecular weight is 278 g/mol. The number of ether oxygens (including phenoxy) is 1. The second kappa shape index (κ2) is 4.59. The molecule has 0 radical (unpaired) electrons. The number of ketones is 1. The molecule has 0 spiro atoms. The highest BCUT2D eigenvalue weighted by Gasteiger charge is 2.39. The van der Waals surface area contributed by atoms with Gasteiger partial charge in [-0.3, -0.25) is 19.7 Å². The van der Waals surface area contributed by atoms with Gasteiger partial charge in [-0.2, -0.15) is 0 Å². The van der Waals surface area contributed by atoms with Gasteiger partial charge in [-0.25, -0.2) is 0 Å². The van der Waals surface area contributed by atoms with Crippen molar-refractivity contribution in [3.63, 3.8) is 0 Å². The third kappa shape index (κ3) is 2.47. The molecular weight excluding hydrogens is 264 g/mol. The molecule has 0 saturated carbocycles. The molecule has 7 nitrogen and oxygen atoms in total.